The van der Waals surface area contributed by atoms with Crippen molar-refractivity contribution in [2.24, 2.45) is 17.6 Å². The Labute approximate surface area is 204 Å². The summed E-state index contributed by atoms with van der Waals surface area (Å²) in [6.45, 7) is 8.16. The van der Waals surface area contributed by atoms with Crippen molar-refractivity contribution in [3.05, 3.63) is 53.6 Å². The summed E-state index contributed by atoms with van der Waals surface area (Å²) in [6.07, 6.45) is 5.89. The zero-order valence-electron chi connectivity index (χ0n) is 20.5. The minimum absolute atomic E-state index is 0.0220. The van der Waals surface area contributed by atoms with Gasteiger partial charge < -0.3 is 20.7 Å². The number of benzene rings is 1. The molecule has 35 heavy (non-hydrogen) atoms. The van der Waals surface area contributed by atoms with Gasteiger partial charge in [-0.05, 0) is 63.7 Å². The van der Waals surface area contributed by atoms with Crippen molar-refractivity contribution in [2.75, 3.05) is 18.4 Å². The third-order valence-electron chi connectivity index (χ3n) is 6.56. The lowest BCUT2D eigenvalue weighted by Crippen LogP contribution is -2.52. The molecular weight excluding hydrogens is 449 g/mol. The number of amides is 2. The Morgan fingerprint density at radius 1 is 1.26 bits per heavy atom. The minimum atomic E-state index is -0.609. The lowest BCUT2D eigenvalue weighted by Gasteiger charge is -2.42. The van der Waals surface area contributed by atoms with E-state index < -0.39 is 11.5 Å². The Morgan fingerprint density at radius 3 is 2.71 bits per heavy atom. The molecule has 8 nitrogen and oxygen atoms in total. The van der Waals surface area contributed by atoms with Gasteiger partial charge in [0.2, 0.25) is 0 Å². The van der Waals surface area contributed by atoms with E-state index in [2.05, 4.69) is 21.4 Å². The highest BCUT2D eigenvalue weighted by molar-refractivity contribution is 6.06. The normalized spacial score (nSPS) is 22.9. The van der Waals surface area contributed by atoms with Gasteiger partial charge in [-0.2, -0.15) is 0 Å². The van der Waals surface area contributed by atoms with Crippen molar-refractivity contribution in [1.29, 1.82) is 0 Å². The van der Waals surface area contributed by atoms with Crippen LogP contribution in [0.25, 0.3) is 10.9 Å². The first-order valence-corrected chi connectivity index (χ1v) is 11.8. The van der Waals surface area contributed by atoms with E-state index >= 15 is 0 Å². The number of nitrogens with one attached hydrogen (secondary N) is 1. The summed E-state index contributed by atoms with van der Waals surface area (Å²) in [5.74, 6) is -0.119. The number of rotatable bonds is 4. The van der Waals surface area contributed by atoms with Crippen LogP contribution in [-0.4, -0.2) is 51.6 Å². The van der Waals surface area contributed by atoms with Crippen molar-refractivity contribution in [1.82, 2.24) is 14.9 Å². The number of halogens is 1. The van der Waals surface area contributed by atoms with Crippen LogP contribution in [0.5, 0.6) is 0 Å². The maximum Gasteiger partial charge on any atom is 0.410 e. The lowest BCUT2D eigenvalue weighted by atomic mass is 9.76. The minimum Gasteiger partial charge on any atom is -0.444 e. The number of nitrogens with two attached hydrogens (primary N) is 1. The number of primary amides is 1. The molecule has 9 heteroatoms. The number of aromatic nitrogens is 2. The standard InChI is InChI=1S/C26H32FN5O3/c1-15-8-9-16(12-20(15)27)17-10-11-32(25(34)35-26(2,3)4)13-21(17)31-24-19-7-5-6-18(23(28)33)22(19)29-14-30-24/h5-9,14,16-17,21H,10-13H2,1-4H3,(H2,28,33)(H,29,30,31)/t16?,17-,21+/m0/s1. The van der Waals surface area contributed by atoms with E-state index in [0.717, 1.165) is 0 Å². The topological polar surface area (TPSA) is 110 Å². The van der Waals surface area contributed by atoms with Crippen LogP contribution in [0.2, 0.25) is 0 Å². The van der Waals surface area contributed by atoms with E-state index in [4.69, 9.17) is 10.5 Å². The number of allylic oxidation sites excluding steroid dienone is 4. The molecule has 0 spiro atoms. The fourth-order valence-electron chi connectivity index (χ4n) is 4.79. The summed E-state index contributed by atoms with van der Waals surface area (Å²) in [6, 6.07) is 4.95. The number of likely N-dealkylation sites (tertiary alicyclic amines) is 1. The number of carbonyl (C=O) groups is 2. The number of nitrogens with zero attached hydrogens (tertiary/aromatic N) is 3. The van der Waals surface area contributed by atoms with Crippen LogP contribution in [0.3, 0.4) is 0 Å². The second kappa shape index (κ2) is 9.64. The highest BCUT2D eigenvalue weighted by atomic mass is 19.1. The van der Waals surface area contributed by atoms with Gasteiger partial charge in [-0.3, -0.25) is 4.79 Å². The Kier molecular flexibility index (Phi) is 6.78. The molecule has 1 aliphatic heterocycles. The number of hydrogen-bond donors (Lipinski definition) is 2. The summed E-state index contributed by atoms with van der Waals surface area (Å²) in [5.41, 5.74) is 6.34. The van der Waals surface area contributed by atoms with Gasteiger partial charge >= 0.3 is 6.09 Å². The van der Waals surface area contributed by atoms with E-state index in [0.29, 0.717) is 53.8 Å². The first-order chi connectivity index (χ1) is 16.5. The second-order valence-corrected chi connectivity index (χ2v) is 10.2. The first kappa shape index (κ1) is 24.6. The zero-order valence-corrected chi connectivity index (χ0v) is 20.5. The Hall–Kier alpha value is -3.49. The average molecular weight is 482 g/mol. The maximum absolute atomic E-state index is 14.5. The number of piperidine rings is 1. The Balaban J connectivity index is 1.66. The fourth-order valence-corrected chi connectivity index (χ4v) is 4.79. The van der Waals surface area contributed by atoms with Gasteiger partial charge in [0.25, 0.3) is 5.91 Å². The average Bonchev–Trinajstić information content (AvgIpc) is 2.79. The quantitative estimate of drug-likeness (QED) is 0.661. The van der Waals surface area contributed by atoms with Crippen molar-refractivity contribution >= 4 is 28.7 Å². The predicted molar refractivity (Wildman–Crippen MR) is 132 cm³/mol. The highest BCUT2D eigenvalue weighted by Crippen LogP contribution is 2.37. The number of anilines is 1. The van der Waals surface area contributed by atoms with Crippen molar-refractivity contribution in [3.63, 3.8) is 0 Å². The summed E-state index contributed by atoms with van der Waals surface area (Å²) in [5, 5.41) is 4.14. The van der Waals surface area contributed by atoms with Crippen molar-refractivity contribution in [2.45, 2.75) is 52.2 Å². The molecule has 1 aromatic heterocycles. The molecule has 1 unspecified atom stereocenters. The van der Waals surface area contributed by atoms with Gasteiger partial charge in [-0.1, -0.05) is 18.2 Å². The van der Waals surface area contributed by atoms with Crippen LogP contribution >= 0.6 is 0 Å². The summed E-state index contributed by atoms with van der Waals surface area (Å²) < 4.78 is 20.1. The molecule has 3 atom stereocenters. The molecule has 0 bridgehead atoms. The number of para-hydroxylation sites is 1. The molecule has 2 amide bonds. The molecule has 1 aromatic carbocycles. The van der Waals surface area contributed by atoms with Gasteiger partial charge in [0.05, 0.1) is 11.1 Å². The first-order valence-electron chi connectivity index (χ1n) is 11.8. The summed E-state index contributed by atoms with van der Waals surface area (Å²) in [4.78, 5) is 35.1. The van der Waals surface area contributed by atoms with Crippen LogP contribution in [0.1, 0.15) is 50.9 Å². The van der Waals surface area contributed by atoms with Gasteiger partial charge in [0.1, 0.15) is 23.6 Å². The Bertz CT molecular complexity index is 1200. The predicted octanol–water partition coefficient (Wildman–Crippen LogP) is 4.59. The number of ether oxygens (including phenoxy) is 1. The summed E-state index contributed by atoms with van der Waals surface area (Å²) in [7, 11) is 0. The molecule has 1 saturated heterocycles. The molecule has 1 fully saturated rings. The van der Waals surface area contributed by atoms with Crippen LogP contribution in [0.15, 0.2) is 48.1 Å². The third-order valence-corrected chi connectivity index (χ3v) is 6.56. The number of hydrogen-bond acceptors (Lipinski definition) is 6. The lowest BCUT2D eigenvalue weighted by molar-refractivity contribution is 0.0149. The molecule has 2 aliphatic rings. The molecule has 0 saturated carbocycles. The van der Waals surface area contributed by atoms with Crippen molar-refractivity contribution < 1.29 is 18.7 Å². The van der Waals surface area contributed by atoms with E-state index in [9.17, 15) is 14.0 Å². The molecule has 4 rings (SSSR count). The second-order valence-electron chi connectivity index (χ2n) is 10.2. The molecule has 0 radical (unpaired) electrons. The number of fused-ring (bicyclic) bond motifs is 1. The highest BCUT2D eigenvalue weighted by Gasteiger charge is 2.38. The van der Waals surface area contributed by atoms with E-state index in [1.165, 1.54) is 6.33 Å². The maximum atomic E-state index is 14.5. The SMILES string of the molecule is CC1=C(F)CC([C@@H]2CCN(C(=O)OC(C)(C)C)C[C@H]2Nc2ncnc3c(C(N)=O)cccc23)C=C1. The summed E-state index contributed by atoms with van der Waals surface area (Å²) >= 11 is 0. The van der Waals surface area contributed by atoms with Gasteiger partial charge in [-0.25, -0.2) is 19.2 Å². The van der Waals surface area contributed by atoms with E-state index in [1.807, 2.05) is 32.9 Å². The van der Waals surface area contributed by atoms with Crippen LogP contribution in [-0.2, 0) is 4.74 Å². The number of carbonyl (C=O) groups excluding carboxylic acids is 2. The molecular formula is C26H32FN5O3. The molecule has 186 valence electrons. The zero-order chi connectivity index (χ0) is 25.3. The van der Waals surface area contributed by atoms with Crippen molar-refractivity contribution in [3.8, 4) is 0 Å². The monoisotopic (exact) mass is 481 g/mol. The third kappa shape index (κ3) is 5.44. The molecule has 2 heterocycles. The molecule has 3 N–H and O–H groups in total. The van der Waals surface area contributed by atoms with E-state index in [-0.39, 0.29) is 29.8 Å². The largest absolute Gasteiger partial charge is 0.444 e. The van der Waals surface area contributed by atoms with Gasteiger partial charge in [-0.15, -0.1) is 0 Å². The van der Waals surface area contributed by atoms with Crippen LogP contribution < -0.4 is 11.1 Å². The van der Waals surface area contributed by atoms with Crippen LogP contribution in [0.4, 0.5) is 15.0 Å². The smallest absolute Gasteiger partial charge is 0.410 e. The van der Waals surface area contributed by atoms with Gasteiger partial charge in [0.15, 0.2) is 0 Å². The van der Waals surface area contributed by atoms with E-state index in [1.54, 1.807) is 24.0 Å². The van der Waals surface area contributed by atoms with Crippen LogP contribution in [0, 0.1) is 11.8 Å². The molecule has 2 aromatic rings. The van der Waals surface area contributed by atoms with Gasteiger partial charge in [0, 0.05) is 30.9 Å². The Morgan fingerprint density at radius 2 is 2.03 bits per heavy atom. The fraction of sp³-hybridized carbons (Fsp3) is 0.462. The molecule has 1 aliphatic carbocycles.